The van der Waals surface area contributed by atoms with Gasteiger partial charge in [0.2, 0.25) is 0 Å². The number of rotatable bonds is 9. The third-order valence-corrected chi connectivity index (χ3v) is 19.7. The zero-order valence-corrected chi connectivity index (χ0v) is 36.9. The summed E-state index contributed by atoms with van der Waals surface area (Å²) in [7, 11) is 3.19. The fourth-order valence-electron chi connectivity index (χ4n) is 14.5. The van der Waals surface area contributed by atoms with E-state index in [1.54, 1.807) is 25.2 Å². The van der Waals surface area contributed by atoms with E-state index in [0.717, 1.165) is 46.9 Å². The summed E-state index contributed by atoms with van der Waals surface area (Å²) in [5, 5.41) is 25.8. The minimum atomic E-state index is -1.38. The number of carbonyl (C=O) groups excluding carboxylic acids is 3. The molecular weight excluding hydrogens is 775 g/mol. The first kappa shape index (κ1) is 40.1. The molecule has 4 saturated carbocycles. The molecule has 3 aromatic rings. The second-order valence-electron chi connectivity index (χ2n) is 20.8. The molecule has 2 spiro atoms. The molecule has 8 aliphatic rings. The van der Waals surface area contributed by atoms with Crippen molar-refractivity contribution in [3.63, 3.8) is 0 Å². The third kappa shape index (κ3) is 4.79. The molecule has 10 heteroatoms. The van der Waals surface area contributed by atoms with E-state index in [1.165, 1.54) is 11.3 Å². The summed E-state index contributed by atoms with van der Waals surface area (Å²) in [5.74, 6) is 0.627. The molecule has 60 heavy (non-hydrogen) atoms. The summed E-state index contributed by atoms with van der Waals surface area (Å²) < 4.78 is 18.6. The molecule has 2 N–H and O–H groups in total. The second kappa shape index (κ2) is 12.8. The van der Waals surface area contributed by atoms with Crippen molar-refractivity contribution in [3.05, 3.63) is 82.8 Å². The number of esters is 1. The molecule has 7 aliphatic carbocycles. The Morgan fingerprint density at radius 2 is 1.62 bits per heavy atom. The van der Waals surface area contributed by atoms with Crippen molar-refractivity contribution < 1.29 is 38.8 Å². The first-order valence-corrected chi connectivity index (χ1v) is 22.8. The first-order chi connectivity index (χ1) is 28.4. The standard InChI is InChI=1S/C50H59NO8S/c1-43(2)46(5)20-23-50(43,59-42(46)55)41(54)51(28-31-12-13-33(57-6)25-35(31)58-7)29-48(56)19-16-39-45(48,4)18-15-38-44(3)17-14-32(52)26-47(44)21-22-49(38,39)34(27-47)40(53)37-24-30-10-8-9-11-36(30)60-37/h8-13,21-22,24-25,27,32,38-39,52,56H,14-20,23,26,28-29H2,1-7H3. The lowest BCUT2D eigenvalue weighted by molar-refractivity contribution is -0.187. The van der Waals surface area contributed by atoms with Crippen LogP contribution in [-0.2, 0) is 20.9 Å². The van der Waals surface area contributed by atoms with Gasteiger partial charge < -0.3 is 29.3 Å². The van der Waals surface area contributed by atoms with Crippen LogP contribution in [0.5, 0.6) is 11.5 Å². The largest absolute Gasteiger partial charge is 0.497 e. The van der Waals surface area contributed by atoms with Crippen molar-refractivity contribution in [3.8, 4) is 11.5 Å². The number of ketones is 1. The number of hydrogen-bond donors (Lipinski definition) is 2. The summed E-state index contributed by atoms with van der Waals surface area (Å²) in [6.45, 7) is 10.6. The summed E-state index contributed by atoms with van der Waals surface area (Å²) in [6, 6.07) is 15.7. The fourth-order valence-corrected chi connectivity index (χ4v) is 15.5. The zero-order valence-electron chi connectivity index (χ0n) is 36.1. The van der Waals surface area contributed by atoms with Crippen molar-refractivity contribution in [2.24, 2.45) is 44.3 Å². The van der Waals surface area contributed by atoms with Gasteiger partial charge in [0.25, 0.3) is 5.91 Å². The topological polar surface area (TPSA) is 123 Å². The number of ether oxygens (including phenoxy) is 3. The summed E-state index contributed by atoms with van der Waals surface area (Å²) in [6.07, 6.45) is 12.3. The van der Waals surface area contributed by atoms with Gasteiger partial charge in [-0.15, -0.1) is 11.3 Å². The molecule has 9 nitrogen and oxygen atoms in total. The maximum Gasteiger partial charge on any atom is 0.313 e. The average Bonchev–Trinajstić information content (AvgIpc) is 3.88. The molecule has 1 saturated heterocycles. The maximum atomic E-state index is 15.5. The number of nitrogens with zero attached hydrogens (tertiary/aromatic N) is 1. The molecule has 318 valence electrons. The number of carbonyl (C=O) groups is 3. The van der Waals surface area contributed by atoms with Crippen molar-refractivity contribution in [2.45, 2.75) is 116 Å². The number of allylic oxidation sites excluding steroid dienone is 4. The van der Waals surface area contributed by atoms with E-state index < -0.39 is 44.4 Å². The normalized spacial score (nSPS) is 40.4. The number of aliphatic hydroxyl groups is 2. The van der Waals surface area contributed by atoms with Crippen LogP contribution < -0.4 is 9.47 Å². The van der Waals surface area contributed by atoms with Gasteiger partial charge in [0.1, 0.15) is 11.5 Å². The minimum absolute atomic E-state index is 0.0290. The van der Waals surface area contributed by atoms with Crippen molar-refractivity contribution in [1.29, 1.82) is 0 Å². The molecule has 2 heterocycles. The Bertz CT molecular complexity index is 2380. The van der Waals surface area contributed by atoms with Gasteiger partial charge in [0, 0.05) is 50.1 Å². The zero-order chi connectivity index (χ0) is 42.5. The van der Waals surface area contributed by atoms with Crippen molar-refractivity contribution in [2.75, 3.05) is 20.8 Å². The Morgan fingerprint density at radius 3 is 2.32 bits per heavy atom. The van der Waals surface area contributed by atoms with Crippen LogP contribution in [0.25, 0.3) is 10.1 Å². The summed E-state index contributed by atoms with van der Waals surface area (Å²) >= 11 is 1.54. The van der Waals surface area contributed by atoms with Crippen LogP contribution in [0.4, 0.5) is 0 Å². The molecule has 11 rings (SSSR count). The van der Waals surface area contributed by atoms with Gasteiger partial charge in [-0.3, -0.25) is 14.4 Å². The Morgan fingerprint density at radius 1 is 0.883 bits per heavy atom. The Hall–Kier alpha value is -3.99. The van der Waals surface area contributed by atoms with Crippen LogP contribution in [-0.4, -0.2) is 70.8 Å². The highest BCUT2D eigenvalue weighted by atomic mass is 32.1. The van der Waals surface area contributed by atoms with Crippen LogP contribution in [0.1, 0.15) is 108 Å². The van der Waals surface area contributed by atoms with Gasteiger partial charge in [-0.25, -0.2) is 0 Å². The summed E-state index contributed by atoms with van der Waals surface area (Å²) in [4.78, 5) is 46.8. The van der Waals surface area contributed by atoms with Crippen LogP contribution in [0, 0.1) is 44.3 Å². The van der Waals surface area contributed by atoms with Crippen molar-refractivity contribution >= 4 is 39.1 Å². The molecule has 1 aromatic heterocycles. The first-order valence-electron chi connectivity index (χ1n) is 22.0. The quantitative estimate of drug-likeness (QED) is 0.125. The minimum Gasteiger partial charge on any atom is -0.497 e. The smallest absolute Gasteiger partial charge is 0.313 e. The van der Waals surface area contributed by atoms with Gasteiger partial charge >= 0.3 is 5.97 Å². The predicted octanol–water partition coefficient (Wildman–Crippen LogP) is 8.84. The summed E-state index contributed by atoms with van der Waals surface area (Å²) in [5.41, 5.74) is -4.69. The molecule has 2 aromatic carbocycles. The van der Waals surface area contributed by atoms with Crippen molar-refractivity contribution in [1.82, 2.24) is 4.90 Å². The SMILES string of the molecule is COc1ccc(CN(CC2(O)CCC3C45C=CC6(C=C4C(=O)c4cc7ccccc7s4)CC(O)CCC6(C)C5CCC32C)C(=O)C23CCC(C)(C(=O)O2)C3(C)C)c(OC)c1. The maximum absolute atomic E-state index is 15.5. The highest BCUT2D eigenvalue weighted by molar-refractivity contribution is 7.21. The monoisotopic (exact) mass is 833 g/mol. The molecular formula is C50H59NO8S. The molecule has 0 radical (unpaired) electrons. The average molecular weight is 834 g/mol. The van der Waals surface area contributed by atoms with E-state index >= 15 is 9.59 Å². The van der Waals surface area contributed by atoms with Crippen LogP contribution in [0.2, 0.25) is 0 Å². The van der Waals surface area contributed by atoms with Gasteiger partial charge in [0.05, 0.1) is 42.8 Å². The number of thiophene rings is 1. The Balaban J connectivity index is 1.08. The van der Waals surface area contributed by atoms with E-state index in [2.05, 4.69) is 44.2 Å². The Kier molecular flexibility index (Phi) is 8.55. The van der Waals surface area contributed by atoms with Crippen LogP contribution in [0.15, 0.2) is 72.3 Å². The lowest BCUT2D eigenvalue weighted by Gasteiger charge is -2.71. The van der Waals surface area contributed by atoms with Crippen LogP contribution in [0.3, 0.4) is 0 Å². The molecule has 1 aliphatic heterocycles. The van der Waals surface area contributed by atoms with Gasteiger partial charge in [-0.1, -0.05) is 64.1 Å². The van der Waals surface area contributed by atoms with Gasteiger partial charge in [0.15, 0.2) is 11.4 Å². The van der Waals surface area contributed by atoms with E-state index in [1.807, 2.05) is 51.1 Å². The highest BCUT2D eigenvalue weighted by Gasteiger charge is 2.78. The molecule has 10 unspecified atom stereocenters. The van der Waals surface area contributed by atoms with E-state index in [-0.39, 0.29) is 48.0 Å². The predicted molar refractivity (Wildman–Crippen MR) is 230 cm³/mol. The molecule has 5 fully saturated rings. The number of hydrogen-bond acceptors (Lipinski definition) is 9. The number of fused-ring (bicyclic) bond motifs is 4. The number of benzene rings is 2. The highest BCUT2D eigenvalue weighted by Crippen LogP contribution is 2.78. The number of aliphatic hydroxyl groups excluding tert-OH is 1. The number of Topliss-reactive ketones (excluding diaryl/α,β-unsaturated/α-hetero) is 1. The van der Waals surface area contributed by atoms with E-state index in [0.29, 0.717) is 48.5 Å². The molecule has 10 atom stereocenters. The second-order valence-corrected chi connectivity index (χ2v) is 21.9. The van der Waals surface area contributed by atoms with Gasteiger partial charge in [-0.2, -0.15) is 0 Å². The fraction of sp³-hybridized carbons (Fsp3) is 0.580. The lowest BCUT2D eigenvalue weighted by atomic mass is 9.32. The Labute approximate surface area is 357 Å². The van der Waals surface area contributed by atoms with Crippen LogP contribution >= 0.6 is 11.3 Å². The third-order valence-electron chi connectivity index (χ3n) is 18.6. The van der Waals surface area contributed by atoms with Gasteiger partial charge in [-0.05, 0) is 112 Å². The molecule has 1 amide bonds. The molecule has 4 bridgehead atoms. The number of amides is 1. The lowest BCUT2D eigenvalue weighted by Crippen LogP contribution is -2.67. The van der Waals surface area contributed by atoms with E-state index in [9.17, 15) is 15.0 Å². The number of methoxy groups -OCH3 is 2. The van der Waals surface area contributed by atoms with E-state index in [4.69, 9.17) is 14.2 Å².